The number of nitrogens with two attached hydrogens (primary N) is 1. The molecule has 0 radical (unpaired) electrons. The molecule has 1 aromatic carbocycles. The number of carbonyl (C=O) groups is 1. The number of hydrogen-bond donors (Lipinski definition) is 3. The first-order valence-electron chi connectivity index (χ1n) is 8.99. The number of anilines is 1. The Kier molecular flexibility index (Phi) is 6.52. The number of nitrogens with one attached hydrogen (secondary N) is 2. The van der Waals surface area contributed by atoms with Crippen molar-refractivity contribution in [2.75, 3.05) is 18.8 Å². The maximum Gasteiger partial charge on any atom is 0.294 e. The summed E-state index contributed by atoms with van der Waals surface area (Å²) in [6, 6.07) is 7.03. The van der Waals surface area contributed by atoms with Gasteiger partial charge in [0.15, 0.2) is 5.69 Å². The summed E-state index contributed by atoms with van der Waals surface area (Å²) >= 11 is 5.86. The summed E-state index contributed by atoms with van der Waals surface area (Å²) in [6.07, 6.45) is 1.51. The highest BCUT2D eigenvalue weighted by molar-refractivity contribution is 6.30. The molecule has 0 saturated carbocycles. The van der Waals surface area contributed by atoms with Gasteiger partial charge in [-0.2, -0.15) is 9.78 Å². The monoisotopic (exact) mass is 418 g/mol. The normalized spacial score (nSPS) is 11.4. The van der Waals surface area contributed by atoms with Crippen LogP contribution in [0.5, 0.6) is 0 Å². The van der Waals surface area contributed by atoms with Gasteiger partial charge in [0.1, 0.15) is 12.2 Å². The number of amides is 1. The summed E-state index contributed by atoms with van der Waals surface area (Å²) in [5.41, 5.74) is 9.69. The van der Waals surface area contributed by atoms with Crippen molar-refractivity contribution in [2.24, 2.45) is 5.10 Å². The number of quaternary nitrogens is 1. The number of benzene rings is 1. The van der Waals surface area contributed by atoms with Crippen molar-refractivity contribution in [2.45, 2.75) is 20.4 Å². The van der Waals surface area contributed by atoms with Crippen LogP contribution in [0.25, 0.3) is 5.82 Å². The fraction of sp³-hybridized carbons (Fsp3) is 0.294. The molecule has 0 aliphatic carbocycles. The average Bonchev–Trinajstić information content (AvgIpc) is 3.33. The van der Waals surface area contributed by atoms with Crippen molar-refractivity contribution in [1.29, 1.82) is 0 Å². The van der Waals surface area contributed by atoms with E-state index in [1.165, 1.54) is 15.8 Å². The average molecular weight is 419 g/mol. The summed E-state index contributed by atoms with van der Waals surface area (Å²) in [4.78, 5) is 13.9. The third kappa shape index (κ3) is 4.76. The topological polar surface area (TPSA) is 142 Å². The number of nitrogen functional groups attached to an aromatic ring is 1. The van der Waals surface area contributed by atoms with Crippen molar-refractivity contribution in [3.8, 4) is 5.82 Å². The Morgan fingerprint density at radius 1 is 1.31 bits per heavy atom. The number of carbonyl (C=O) groups excluding carboxylic acids is 1. The molecule has 1 amide bonds. The van der Waals surface area contributed by atoms with Crippen LogP contribution in [-0.2, 0) is 6.54 Å². The van der Waals surface area contributed by atoms with Crippen LogP contribution in [-0.4, -0.2) is 50.5 Å². The van der Waals surface area contributed by atoms with E-state index in [0.29, 0.717) is 17.3 Å². The molecule has 3 aromatic rings. The third-order valence-electron chi connectivity index (χ3n) is 4.34. The van der Waals surface area contributed by atoms with Gasteiger partial charge in [0.25, 0.3) is 5.91 Å². The van der Waals surface area contributed by atoms with Crippen molar-refractivity contribution < 1.29 is 14.3 Å². The largest absolute Gasteiger partial charge is 0.378 e. The molecule has 11 nitrogen and oxygen atoms in total. The van der Waals surface area contributed by atoms with Gasteiger partial charge >= 0.3 is 0 Å². The second-order valence-corrected chi connectivity index (χ2v) is 6.59. The van der Waals surface area contributed by atoms with Crippen molar-refractivity contribution in [3.63, 3.8) is 0 Å². The van der Waals surface area contributed by atoms with Gasteiger partial charge in [-0.05, 0) is 41.9 Å². The highest BCUT2D eigenvalue weighted by atomic mass is 35.5. The van der Waals surface area contributed by atoms with Gasteiger partial charge in [-0.1, -0.05) is 28.9 Å². The Balaban J connectivity index is 1.85. The van der Waals surface area contributed by atoms with E-state index in [2.05, 4.69) is 49.6 Å². The van der Waals surface area contributed by atoms with Crippen molar-refractivity contribution in [1.82, 2.24) is 30.7 Å². The molecule has 0 bridgehead atoms. The Bertz CT molecular complexity index is 993. The van der Waals surface area contributed by atoms with Crippen LogP contribution in [0, 0.1) is 0 Å². The van der Waals surface area contributed by atoms with E-state index >= 15 is 0 Å². The minimum atomic E-state index is -0.502. The number of hydrogen-bond acceptors (Lipinski definition) is 8. The molecule has 29 heavy (non-hydrogen) atoms. The quantitative estimate of drug-likeness (QED) is 0.347. The minimum absolute atomic E-state index is 0.0541. The van der Waals surface area contributed by atoms with Crippen LogP contribution >= 0.6 is 11.6 Å². The van der Waals surface area contributed by atoms with Gasteiger partial charge < -0.3 is 10.6 Å². The molecule has 2 heterocycles. The van der Waals surface area contributed by atoms with E-state index in [9.17, 15) is 4.79 Å². The Hall–Kier alpha value is -3.31. The SMILES string of the molecule is CC[NH+](CC)Cc1c(C(=O)N/N=C\c2ccc(Cl)cc2)nnn1-c1nonc1N. The zero-order valence-corrected chi connectivity index (χ0v) is 16.7. The van der Waals surface area contributed by atoms with Gasteiger partial charge in [-0.3, -0.25) is 4.79 Å². The highest BCUT2D eigenvalue weighted by Crippen LogP contribution is 2.15. The van der Waals surface area contributed by atoms with Gasteiger partial charge in [-0.25, -0.2) is 10.1 Å². The Morgan fingerprint density at radius 3 is 2.66 bits per heavy atom. The lowest BCUT2D eigenvalue weighted by Crippen LogP contribution is -3.10. The van der Waals surface area contributed by atoms with Crippen molar-refractivity contribution in [3.05, 3.63) is 46.2 Å². The fourth-order valence-corrected chi connectivity index (χ4v) is 2.77. The van der Waals surface area contributed by atoms with Gasteiger partial charge in [0.05, 0.1) is 19.3 Å². The van der Waals surface area contributed by atoms with Crippen molar-refractivity contribution >= 4 is 29.5 Å². The minimum Gasteiger partial charge on any atom is -0.378 e. The summed E-state index contributed by atoms with van der Waals surface area (Å²) in [6.45, 7) is 6.29. The molecule has 0 fully saturated rings. The van der Waals surface area contributed by atoms with E-state index in [-0.39, 0.29) is 17.3 Å². The maximum atomic E-state index is 12.7. The molecular weight excluding hydrogens is 398 g/mol. The molecule has 0 aliphatic rings. The number of hydrazone groups is 1. The molecular formula is C17H21ClN9O2+. The van der Waals surface area contributed by atoms with E-state index < -0.39 is 5.91 Å². The molecule has 0 spiro atoms. The molecule has 12 heteroatoms. The molecule has 3 rings (SSSR count). The summed E-state index contributed by atoms with van der Waals surface area (Å²) in [5, 5.41) is 19.9. The first-order valence-corrected chi connectivity index (χ1v) is 9.36. The fourth-order valence-electron chi connectivity index (χ4n) is 2.65. The van der Waals surface area contributed by atoms with Crippen LogP contribution in [0.4, 0.5) is 5.82 Å². The molecule has 2 aromatic heterocycles. The molecule has 0 atom stereocenters. The van der Waals surface area contributed by atoms with Gasteiger partial charge in [0, 0.05) is 5.02 Å². The summed E-state index contributed by atoms with van der Waals surface area (Å²) in [7, 11) is 0. The first-order chi connectivity index (χ1) is 14.0. The lowest BCUT2D eigenvalue weighted by Gasteiger charge is -2.15. The molecule has 0 unspecified atom stereocenters. The summed E-state index contributed by atoms with van der Waals surface area (Å²) < 4.78 is 6.02. The lowest BCUT2D eigenvalue weighted by molar-refractivity contribution is -0.910. The first kappa shape index (κ1) is 20.4. The van der Waals surface area contributed by atoms with Gasteiger partial charge in [-0.15, -0.1) is 5.10 Å². The zero-order valence-electron chi connectivity index (χ0n) is 16.0. The second kappa shape index (κ2) is 9.26. The van der Waals surface area contributed by atoms with Gasteiger partial charge in [0.2, 0.25) is 11.6 Å². The third-order valence-corrected chi connectivity index (χ3v) is 4.59. The number of aromatic nitrogens is 5. The zero-order chi connectivity index (χ0) is 20.8. The molecule has 4 N–H and O–H groups in total. The second-order valence-electron chi connectivity index (χ2n) is 6.15. The van der Waals surface area contributed by atoms with Crippen LogP contribution in [0.3, 0.4) is 0 Å². The van der Waals surface area contributed by atoms with Crippen LogP contribution in [0.1, 0.15) is 35.6 Å². The Labute approximate surface area is 171 Å². The Morgan fingerprint density at radius 2 is 2.03 bits per heavy atom. The molecule has 152 valence electrons. The molecule has 0 saturated heterocycles. The maximum absolute atomic E-state index is 12.7. The van der Waals surface area contributed by atoms with E-state index in [4.69, 9.17) is 17.3 Å². The number of rotatable bonds is 8. The highest BCUT2D eigenvalue weighted by Gasteiger charge is 2.26. The standard InChI is InChI=1S/C17H20ClN9O2/c1-3-26(4-2)10-13-14(21-25-27(13)16-15(19)23-29-24-16)17(28)22-20-9-11-5-7-12(18)8-6-11/h5-9H,3-4,10H2,1-2H3,(H2,19,23)(H,22,28)/p+1/b20-9-. The lowest BCUT2D eigenvalue weighted by atomic mass is 10.2. The predicted molar refractivity (Wildman–Crippen MR) is 106 cm³/mol. The molecule has 0 aliphatic heterocycles. The van der Waals surface area contributed by atoms with E-state index in [1.807, 2.05) is 0 Å². The number of halogens is 1. The van der Waals surface area contributed by atoms with E-state index in [1.54, 1.807) is 24.3 Å². The van der Waals surface area contributed by atoms with Crippen LogP contribution < -0.4 is 16.1 Å². The number of nitrogens with zero attached hydrogens (tertiary/aromatic N) is 6. The van der Waals surface area contributed by atoms with E-state index in [0.717, 1.165) is 18.7 Å². The van der Waals surface area contributed by atoms with Crippen LogP contribution in [0.2, 0.25) is 5.02 Å². The smallest absolute Gasteiger partial charge is 0.294 e. The predicted octanol–water partition coefficient (Wildman–Crippen LogP) is 0.0745. The summed E-state index contributed by atoms with van der Waals surface area (Å²) in [5.74, 6) is -0.265. The van der Waals surface area contributed by atoms with Crippen LogP contribution in [0.15, 0.2) is 34.0 Å².